The smallest absolute Gasteiger partial charge is 0.337 e. The Balaban J connectivity index is 1.31. The van der Waals surface area contributed by atoms with Crippen LogP contribution in [0.15, 0.2) is 48.5 Å². The molecule has 2 aromatic rings. The summed E-state index contributed by atoms with van der Waals surface area (Å²) < 4.78 is 38.5. The van der Waals surface area contributed by atoms with Crippen molar-refractivity contribution in [1.82, 2.24) is 19.6 Å². The Morgan fingerprint density at radius 1 is 0.846 bits per heavy atom. The topological polar surface area (TPSA) is 64.2 Å². The Bertz CT molecular complexity index is 1180. The molecule has 0 spiro atoms. The number of likely N-dealkylation sites (N-methyl/N-ethyl adjacent to an activating group) is 2. The molecule has 0 saturated carbocycles. The Labute approximate surface area is 227 Å². The van der Waals surface area contributed by atoms with Gasteiger partial charge in [-0.1, -0.05) is 24.3 Å². The predicted octanol–water partition coefficient (Wildman–Crippen LogP) is 4.62. The van der Waals surface area contributed by atoms with E-state index in [1.807, 2.05) is 7.05 Å². The number of amides is 3. The summed E-state index contributed by atoms with van der Waals surface area (Å²) in [5, 5.41) is 0. The zero-order valence-electron chi connectivity index (χ0n) is 22.6. The Morgan fingerprint density at radius 3 is 2.00 bits per heavy atom. The van der Waals surface area contributed by atoms with E-state index in [4.69, 9.17) is 0 Å². The van der Waals surface area contributed by atoms with Gasteiger partial charge in [0.25, 0.3) is 5.91 Å². The number of Topliss-reactive ketones (excluding diaryl/α,β-unsaturated/α-hetero) is 1. The highest BCUT2D eigenvalue weighted by molar-refractivity contribution is 5.95. The van der Waals surface area contributed by atoms with Gasteiger partial charge in [0, 0.05) is 64.8 Å². The molecule has 3 amide bonds. The van der Waals surface area contributed by atoms with Crippen LogP contribution < -0.4 is 0 Å². The molecule has 2 saturated heterocycles. The second kappa shape index (κ2) is 11.8. The minimum atomic E-state index is -4.39. The lowest BCUT2D eigenvalue weighted by atomic mass is 10.0. The van der Waals surface area contributed by atoms with E-state index >= 15 is 0 Å². The lowest BCUT2D eigenvalue weighted by Gasteiger charge is -2.30. The molecule has 210 valence electrons. The summed E-state index contributed by atoms with van der Waals surface area (Å²) in [6.45, 7) is 4.96. The average Bonchev–Trinajstić information content (AvgIpc) is 3.60. The van der Waals surface area contributed by atoms with Gasteiger partial charge >= 0.3 is 12.2 Å². The Hall–Kier alpha value is -3.40. The third-order valence-electron chi connectivity index (χ3n) is 7.86. The first-order chi connectivity index (χ1) is 18.4. The van der Waals surface area contributed by atoms with Crippen molar-refractivity contribution in [2.45, 2.75) is 44.4 Å². The van der Waals surface area contributed by atoms with Gasteiger partial charge in [-0.25, -0.2) is 4.79 Å². The van der Waals surface area contributed by atoms with Gasteiger partial charge in [0.1, 0.15) is 5.78 Å². The van der Waals surface area contributed by atoms with Gasteiger partial charge in [-0.2, -0.15) is 13.2 Å². The van der Waals surface area contributed by atoms with Crippen molar-refractivity contribution in [3.05, 3.63) is 59.7 Å². The fourth-order valence-electron chi connectivity index (χ4n) is 5.28. The molecule has 10 heteroatoms. The van der Waals surface area contributed by atoms with Gasteiger partial charge in [-0.3, -0.25) is 9.59 Å². The SMILES string of the molecule is CC(=O)CCN1CCC(N(C)C(=O)N2CC[C@H](N(C)C(=O)c3ccc(-c4ccc(C(F)(F)F)cc4)cc3)C2)C1. The third kappa shape index (κ3) is 6.79. The molecule has 2 fully saturated rings. The van der Waals surface area contributed by atoms with Gasteiger partial charge in [0.05, 0.1) is 11.6 Å². The van der Waals surface area contributed by atoms with Crippen molar-refractivity contribution in [3.8, 4) is 11.1 Å². The zero-order valence-corrected chi connectivity index (χ0v) is 22.6. The largest absolute Gasteiger partial charge is 0.416 e. The zero-order chi connectivity index (χ0) is 28.3. The van der Waals surface area contributed by atoms with E-state index in [1.54, 1.807) is 52.9 Å². The normalized spacial score (nSPS) is 19.8. The number of hydrogen-bond acceptors (Lipinski definition) is 4. The van der Waals surface area contributed by atoms with Crippen molar-refractivity contribution in [1.29, 1.82) is 0 Å². The van der Waals surface area contributed by atoms with Crippen LogP contribution in [0.25, 0.3) is 11.1 Å². The second-order valence-electron chi connectivity index (χ2n) is 10.5. The first-order valence-electron chi connectivity index (χ1n) is 13.2. The molecule has 7 nitrogen and oxygen atoms in total. The summed E-state index contributed by atoms with van der Waals surface area (Å²) in [5.41, 5.74) is 1.13. The number of ketones is 1. The predicted molar refractivity (Wildman–Crippen MR) is 142 cm³/mol. The number of benzene rings is 2. The van der Waals surface area contributed by atoms with Crippen LogP contribution in [0.5, 0.6) is 0 Å². The molecular formula is C29H35F3N4O3. The number of alkyl halides is 3. The number of nitrogens with zero attached hydrogens (tertiary/aromatic N) is 4. The molecule has 2 aliphatic heterocycles. The van der Waals surface area contributed by atoms with Gasteiger partial charge in [-0.15, -0.1) is 0 Å². The van der Waals surface area contributed by atoms with E-state index in [1.165, 1.54) is 12.1 Å². The maximum Gasteiger partial charge on any atom is 0.416 e. The fourth-order valence-corrected chi connectivity index (χ4v) is 5.28. The summed E-state index contributed by atoms with van der Waals surface area (Å²) >= 11 is 0. The van der Waals surface area contributed by atoms with E-state index in [2.05, 4.69) is 4.90 Å². The van der Waals surface area contributed by atoms with Gasteiger partial charge in [0.15, 0.2) is 0 Å². The number of rotatable bonds is 7. The summed E-state index contributed by atoms with van der Waals surface area (Å²) in [7, 11) is 3.56. The molecule has 2 aliphatic rings. The maximum absolute atomic E-state index is 13.2. The van der Waals surface area contributed by atoms with Gasteiger partial charge < -0.3 is 19.6 Å². The number of carbonyl (C=O) groups excluding carboxylic acids is 3. The van der Waals surface area contributed by atoms with Crippen LogP contribution in [0, 0.1) is 0 Å². The molecule has 0 bridgehead atoms. The molecule has 0 aliphatic carbocycles. The second-order valence-corrected chi connectivity index (χ2v) is 10.5. The molecule has 39 heavy (non-hydrogen) atoms. The highest BCUT2D eigenvalue weighted by Gasteiger charge is 2.36. The molecule has 2 aromatic carbocycles. The van der Waals surface area contributed by atoms with E-state index in [0.29, 0.717) is 37.1 Å². The van der Waals surface area contributed by atoms with Crippen molar-refractivity contribution in [2.75, 3.05) is 46.8 Å². The van der Waals surface area contributed by atoms with Crippen LogP contribution in [-0.4, -0.2) is 96.2 Å². The highest BCUT2D eigenvalue weighted by atomic mass is 19.4. The lowest BCUT2D eigenvalue weighted by Crippen LogP contribution is -2.47. The number of carbonyl (C=O) groups is 3. The van der Waals surface area contributed by atoms with E-state index in [-0.39, 0.29) is 29.8 Å². The number of urea groups is 1. The quantitative estimate of drug-likeness (QED) is 0.510. The minimum absolute atomic E-state index is 0.0438. The van der Waals surface area contributed by atoms with E-state index in [0.717, 1.165) is 43.8 Å². The lowest BCUT2D eigenvalue weighted by molar-refractivity contribution is -0.137. The fraction of sp³-hybridized carbons (Fsp3) is 0.483. The number of likely N-dealkylation sites (tertiary alicyclic amines) is 2. The van der Waals surface area contributed by atoms with E-state index < -0.39 is 11.7 Å². The average molecular weight is 545 g/mol. The van der Waals surface area contributed by atoms with Gasteiger partial charge in [0.2, 0.25) is 0 Å². The first-order valence-corrected chi connectivity index (χ1v) is 13.2. The third-order valence-corrected chi connectivity index (χ3v) is 7.86. The Kier molecular flexibility index (Phi) is 8.64. The molecule has 1 unspecified atom stereocenters. The molecule has 4 rings (SSSR count). The van der Waals surface area contributed by atoms with Crippen LogP contribution in [0.1, 0.15) is 42.1 Å². The minimum Gasteiger partial charge on any atom is -0.337 e. The molecule has 2 atom stereocenters. The molecular weight excluding hydrogens is 509 g/mol. The van der Waals surface area contributed by atoms with Crippen LogP contribution in [0.4, 0.5) is 18.0 Å². The standard InChI is InChI=1S/C29H35F3N4O3/c1-20(37)12-15-35-16-13-25(18-35)34(3)28(39)36-17-14-26(19-36)33(2)27(38)23-6-4-21(5-7-23)22-8-10-24(11-9-22)29(30,31)32/h4-11,25-26H,12-19H2,1-3H3/t25?,26-/m0/s1. The summed E-state index contributed by atoms with van der Waals surface area (Å²) in [6, 6.07) is 11.7. The first kappa shape index (κ1) is 28.6. The summed E-state index contributed by atoms with van der Waals surface area (Å²) in [6.07, 6.45) is -2.31. The monoisotopic (exact) mass is 544 g/mol. The van der Waals surface area contributed by atoms with Crippen molar-refractivity contribution >= 4 is 17.7 Å². The van der Waals surface area contributed by atoms with Crippen molar-refractivity contribution in [2.24, 2.45) is 0 Å². The van der Waals surface area contributed by atoms with Crippen LogP contribution in [-0.2, 0) is 11.0 Å². The molecule has 0 aromatic heterocycles. The molecule has 0 N–H and O–H groups in total. The van der Waals surface area contributed by atoms with Crippen molar-refractivity contribution in [3.63, 3.8) is 0 Å². The molecule has 2 heterocycles. The van der Waals surface area contributed by atoms with Crippen LogP contribution >= 0.6 is 0 Å². The summed E-state index contributed by atoms with van der Waals surface area (Å²) in [4.78, 5) is 45.1. The number of halogens is 3. The summed E-state index contributed by atoms with van der Waals surface area (Å²) in [5.74, 6) is -0.00159. The van der Waals surface area contributed by atoms with Crippen LogP contribution in [0.3, 0.4) is 0 Å². The Morgan fingerprint density at radius 2 is 1.41 bits per heavy atom. The van der Waals surface area contributed by atoms with Crippen molar-refractivity contribution < 1.29 is 27.6 Å². The maximum atomic E-state index is 13.2. The molecule has 0 radical (unpaired) electrons. The van der Waals surface area contributed by atoms with E-state index in [9.17, 15) is 27.6 Å². The highest BCUT2D eigenvalue weighted by Crippen LogP contribution is 2.31. The number of hydrogen-bond donors (Lipinski definition) is 0. The van der Waals surface area contributed by atoms with Crippen LogP contribution in [0.2, 0.25) is 0 Å². The van der Waals surface area contributed by atoms with Gasteiger partial charge in [-0.05, 0) is 55.2 Å².